The predicted molar refractivity (Wildman–Crippen MR) is 80.9 cm³/mol. The predicted octanol–water partition coefficient (Wildman–Crippen LogP) is 1.77. The number of ether oxygens (including phenoxy) is 6. The second-order valence-corrected chi connectivity index (χ2v) is 6.73. The van der Waals surface area contributed by atoms with E-state index in [-0.39, 0.29) is 24.4 Å². The average Bonchev–Trinajstić information content (AvgIpc) is 2.74. The summed E-state index contributed by atoms with van der Waals surface area (Å²) in [6, 6.07) is 0. The number of fused-ring (bicyclic) bond motifs is 3. The molecule has 0 N–H and O–H groups in total. The molecule has 0 radical (unpaired) electrons. The van der Waals surface area contributed by atoms with Gasteiger partial charge in [-0.2, -0.15) is 0 Å². The highest BCUT2D eigenvalue weighted by molar-refractivity contribution is 5.15. The third kappa shape index (κ3) is 2.47. The first kappa shape index (κ1) is 16.0. The SMILES string of the molecule is CO[C@@]12C=C[C@@H]3OCCC[C@H]3O[C@@]1(OC)C[C@H]1OCCC[C@@H]1O2. The van der Waals surface area contributed by atoms with E-state index in [1.165, 1.54) is 0 Å². The first-order chi connectivity index (χ1) is 11.2. The fraction of sp³-hybridized carbons (Fsp3) is 0.882. The highest BCUT2D eigenvalue weighted by atomic mass is 16.8. The Morgan fingerprint density at radius 3 is 2.48 bits per heavy atom. The molecule has 4 rings (SSSR count). The van der Waals surface area contributed by atoms with Crippen molar-refractivity contribution < 1.29 is 28.4 Å². The molecular weight excluding hydrogens is 300 g/mol. The lowest BCUT2D eigenvalue weighted by Crippen LogP contribution is -2.68. The Morgan fingerprint density at radius 2 is 1.70 bits per heavy atom. The van der Waals surface area contributed by atoms with Crippen LogP contribution in [0.15, 0.2) is 12.2 Å². The number of methoxy groups -OCH3 is 2. The molecule has 4 aliphatic heterocycles. The zero-order valence-corrected chi connectivity index (χ0v) is 13.9. The summed E-state index contributed by atoms with van der Waals surface area (Å²) < 4.78 is 36.4. The molecule has 6 heteroatoms. The van der Waals surface area contributed by atoms with Crippen molar-refractivity contribution in [2.24, 2.45) is 0 Å². The second-order valence-electron chi connectivity index (χ2n) is 6.73. The summed E-state index contributed by atoms with van der Waals surface area (Å²) >= 11 is 0. The Kier molecular flexibility index (Phi) is 4.24. The summed E-state index contributed by atoms with van der Waals surface area (Å²) in [5, 5.41) is 0. The van der Waals surface area contributed by atoms with E-state index in [0.29, 0.717) is 6.42 Å². The maximum atomic E-state index is 6.46. The molecule has 0 aromatic carbocycles. The van der Waals surface area contributed by atoms with Crippen molar-refractivity contribution in [3.8, 4) is 0 Å². The third-order valence-corrected chi connectivity index (χ3v) is 5.50. The van der Waals surface area contributed by atoms with Crippen LogP contribution in [0.1, 0.15) is 32.1 Å². The highest BCUT2D eigenvalue weighted by Crippen LogP contribution is 2.48. The van der Waals surface area contributed by atoms with Crippen LogP contribution in [0.3, 0.4) is 0 Å². The monoisotopic (exact) mass is 326 g/mol. The summed E-state index contributed by atoms with van der Waals surface area (Å²) in [6.45, 7) is 1.51. The van der Waals surface area contributed by atoms with Crippen LogP contribution in [-0.4, -0.2) is 63.4 Å². The number of rotatable bonds is 2. The Balaban J connectivity index is 1.71. The van der Waals surface area contributed by atoms with E-state index in [2.05, 4.69) is 0 Å². The molecule has 0 amide bonds. The molecule has 0 aromatic heterocycles. The molecular formula is C17H26O6. The van der Waals surface area contributed by atoms with Gasteiger partial charge in [0.25, 0.3) is 0 Å². The molecule has 0 aliphatic carbocycles. The van der Waals surface area contributed by atoms with Crippen molar-refractivity contribution in [1.82, 2.24) is 0 Å². The molecule has 6 nitrogen and oxygen atoms in total. The van der Waals surface area contributed by atoms with Crippen LogP contribution in [0.25, 0.3) is 0 Å². The van der Waals surface area contributed by atoms with E-state index in [1.807, 2.05) is 12.2 Å². The van der Waals surface area contributed by atoms with E-state index in [1.54, 1.807) is 14.2 Å². The van der Waals surface area contributed by atoms with Crippen LogP contribution in [0.4, 0.5) is 0 Å². The highest BCUT2D eigenvalue weighted by Gasteiger charge is 2.63. The second kappa shape index (κ2) is 6.10. The Bertz CT molecular complexity index is 468. The summed E-state index contributed by atoms with van der Waals surface area (Å²) in [4.78, 5) is 0. The molecule has 0 spiro atoms. The minimum Gasteiger partial charge on any atom is -0.375 e. The van der Waals surface area contributed by atoms with Crippen LogP contribution < -0.4 is 0 Å². The maximum Gasteiger partial charge on any atom is 0.244 e. The average molecular weight is 326 g/mol. The third-order valence-electron chi connectivity index (χ3n) is 5.50. The molecule has 4 aliphatic rings. The normalized spacial score (nSPS) is 49.7. The zero-order chi connectivity index (χ0) is 15.9. The molecule has 0 bridgehead atoms. The Hall–Kier alpha value is -0.500. The molecule has 3 fully saturated rings. The van der Waals surface area contributed by atoms with Gasteiger partial charge in [-0.1, -0.05) is 6.08 Å². The van der Waals surface area contributed by atoms with Crippen molar-refractivity contribution in [3.05, 3.63) is 12.2 Å². The van der Waals surface area contributed by atoms with Gasteiger partial charge in [-0.3, -0.25) is 0 Å². The summed E-state index contributed by atoms with van der Waals surface area (Å²) in [7, 11) is 3.29. The van der Waals surface area contributed by atoms with E-state index < -0.39 is 11.6 Å². The van der Waals surface area contributed by atoms with Crippen LogP contribution in [0, 0.1) is 0 Å². The molecule has 23 heavy (non-hydrogen) atoms. The van der Waals surface area contributed by atoms with E-state index in [0.717, 1.165) is 38.9 Å². The lowest BCUT2D eigenvalue weighted by atomic mass is 9.88. The quantitative estimate of drug-likeness (QED) is 0.721. The van der Waals surface area contributed by atoms with Gasteiger partial charge in [0.05, 0.1) is 18.3 Å². The first-order valence-corrected chi connectivity index (χ1v) is 8.60. The summed E-state index contributed by atoms with van der Waals surface area (Å²) in [6.07, 6.45) is 8.26. The van der Waals surface area contributed by atoms with E-state index >= 15 is 0 Å². The van der Waals surface area contributed by atoms with E-state index in [4.69, 9.17) is 28.4 Å². The molecule has 3 saturated heterocycles. The van der Waals surface area contributed by atoms with Gasteiger partial charge in [0.15, 0.2) is 0 Å². The number of hydrogen-bond donors (Lipinski definition) is 0. The topological polar surface area (TPSA) is 55.4 Å². The van der Waals surface area contributed by atoms with Crippen LogP contribution in [0.5, 0.6) is 0 Å². The fourth-order valence-corrected chi connectivity index (χ4v) is 4.25. The molecule has 4 heterocycles. The lowest BCUT2D eigenvalue weighted by molar-refractivity contribution is -0.435. The summed E-state index contributed by atoms with van der Waals surface area (Å²) in [5.41, 5.74) is 0. The first-order valence-electron chi connectivity index (χ1n) is 8.60. The van der Waals surface area contributed by atoms with Crippen LogP contribution >= 0.6 is 0 Å². The van der Waals surface area contributed by atoms with Crippen molar-refractivity contribution in [3.63, 3.8) is 0 Å². The van der Waals surface area contributed by atoms with Gasteiger partial charge in [-0.25, -0.2) is 0 Å². The summed E-state index contributed by atoms with van der Waals surface area (Å²) in [5.74, 6) is -2.08. The molecule has 0 saturated carbocycles. The van der Waals surface area contributed by atoms with Gasteiger partial charge in [-0.05, 0) is 31.8 Å². The van der Waals surface area contributed by atoms with Crippen molar-refractivity contribution in [2.45, 2.75) is 68.1 Å². The standard InChI is InChI=1S/C17H26O6/c1-18-16-8-7-12-13(5-3-9-20-12)23-17(16,19-2)11-15-14(22-16)6-4-10-21-15/h7-8,12-15H,3-6,9-11H2,1-2H3/t12-,13+,14-,15+,16+,17-/m0/s1. The van der Waals surface area contributed by atoms with Gasteiger partial charge in [0.1, 0.15) is 6.10 Å². The molecule has 0 aromatic rings. The van der Waals surface area contributed by atoms with Crippen LogP contribution in [-0.2, 0) is 28.4 Å². The van der Waals surface area contributed by atoms with Gasteiger partial charge in [0.2, 0.25) is 11.6 Å². The molecule has 0 unspecified atom stereocenters. The zero-order valence-electron chi connectivity index (χ0n) is 13.9. The van der Waals surface area contributed by atoms with Crippen molar-refractivity contribution in [1.29, 1.82) is 0 Å². The van der Waals surface area contributed by atoms with Crippen LogP contribution in [0.2, 0.25) is 0 Å². The molecule has 130 valence electrons. The molecule has 6 atom stereocenters. The fourth-order valence-electron chi connectivity index (χ4n) is 4.25. The minimum atomic E-state index is -1.07. The van der Waals surface area contributed by atoms with E-state index in [9.17, 15) is 0 Å². The Morgan fingerprint density at radius 1 is 0.913 bits per heavy atom. The lowest BCUT2D eigenvalue weighted by Gasteiger charge is -2.54. The van der Waals surface area contributed by atoms with Crippen molar-refractivity contribution in [2.75, 3.05) is 27.4 Å². The van der Waals surface area contributed by atoms with Gasteiger partial charge < -0.3 is 28.4 Å². The van der Waals surface area contributed by atoms with Gasteiger partial charge in [-0.15, -0.1) is 0 Å². The Labute approximate surface area is 137 Å². The van der Waals surface area contributed by atoms with Gasteiger partial charge in [0, 0.05) is 33.9 Å². The largest absolute Gasteiger partial charge is 0.375 e. The maximum absolute atomic E-state index is 6.46. The van der Waals surface area contributed by atoms with Crippen molar-refractivity contribution >= 4 is 0 Å². The number of hydrogen-bond acceptors (Lipinski definition) is 6. The van der Waals surface area contributed by atoms with Gasteiger partial charge >= 0.3 is 0 Å². The minimum absolute atomic E-state index is 0.00118. The smallest absolute Gasteiger partial charge is 0.244 e.